The van der Waals surface area contributed by atoms with Crippen LogP contribution < -0.4 is 5.32 Å². The molecule has 2 unspecified atom stereocenters. The zero-order chi connectivity index (χ0) is 14.2. The van der Waals surface area contributed by atoms with Crippen molar-refractivity contribution in [1.29, 1.82) is 0 Å². The van der Waals surface area contributed by atoms with E-state index in [1.54, 1.807) is 0 Å². The molecule has 110 valence electrons. The van der Waals surface area contributed by atoms with Crippen molar-refractivity contribution in [2.75, 3.05) is 6.61 Å². The molecule has 3 rings (SSSR count). The van der Waals surface area contributed by atoms with Gasteiger partial charge in [0.05, 0.1) is 18.8 Å². The highest BCUT2D eigenvalue weighted by Crippen LogP contribution is 2.40. The van der Waals surface area contributed by atoms with Crippen molar-refractivity contribution in [3.63, 3.8) is 0 Å². The van der Waals surface area contributed by atoms with Gasteiger partial charge in [-0.3, -0.25) is 14.8 Å². The van der Waals surface area contributed by atoms with Crippen LogP contribution >= 0.6 is 0 Å². The SMILES string of the molecule is CCOC(=O)C1(NC2CC2)CCC(n2cc(C)cn2)C1. The van der Waals surface area contributed by atoms with Gasteiger partial charge >= 0.3 is 5.97 Å². The number of carbonyl (C=O) groups excluding carboxylic acids is 1. The van der Waals surface area contributed by atoms with Crippen molar-refractivity contribution in [1.82, 2.24) is 15.1 Å². The smallest absolute Gasteiger partial charge is 0.326 e. The molecule has 0 aromatic carbocycles. The molecule has 0 radical (unpaired) electrons. The van der Waals surface area contributed by atoms with E-state index in [4.69, 9.17) is 4.74 Å². The van der Waals surface area contributed by atoms with E-state index in [2.05, 4.69) is 16.6 Å². The van der Waals surface area contributed by atoms with E-state index in [1.165, 1.54) is 12.8 Å². The topological polar surface area (TPSA) is 56.1 Å². The van der Waals surface area contributed by atoms with Crippen molar-refractivity contribution in [3.8, 4) is 0 Å². The van der Waals surface area contributed by atoms with Crippen molar-refractivity contribution < 1.29 is 9.53 Å². The molecule has 2 fully saturated rings. The van der Waals surface area contributed by atoms with Gasteiger partial charge in [-0.05, 0) is 51.5 Å². The molecule has 20 heavy (non-hydrogen) atoms. The lowest BCUT2D eigenvalue weighted by atomic mass is 9.97. The number of aryl methyl sites for hydroxylation is 1. The van der Waals surface area contributed by atoms with E-state index in [1.807, 2.05) is 24.7 Å². The van der Waals surface area contributed by atoms with Crippen molar-refractivity contribution >= 4 is 5.97 Å². The van der Waals surface area contributed by atoms with Gasteiger partial charge in [-0.1, -0.05) is 0 Å². The van der Waals surface area contributed by atoms with E-state index in [9.17, 15) is 4.79 Å². The summed E-state index contributed by atoms with van der Waals surface area (Å²) in [6.45, 7) is 4.35. The summed E-state index contributed by atoms with van der Waals surface area (Å²) >= 11 is 0. The number of carbonyl (C=O) groups is 1. The number of aromatic nitrogens is 2. The molecule has 2 aliphatic carbocycles. The fourth-order valence-electron chi connectivity index (χ4n) is 3.14. The summed E-state index contributed by atoms with van der Waals surface area (Å²) < 4.78 is 7.32. The third-order valence-corrected chi connectivity index (χ3v) is 4.32. The predicted molar refractivity (Wildman–Crippen MR) is 75.4 cm³/mol. The van der Waals surface area contributed by atoms with Crippen LogP contribution in [0.3, 0.4) is 0 Å². The molecular weight excluding hydrogens is 254 g/mol. The second kappa shape index (κ2) is 5.20. The summed E-state index contributed by atoms with van der Waals surface area (Å²) in [7, 11) is 0. The average Bonchev–Trinajstić information content (AvgIpc) is 2.95. The highest BCUT2D eigenvalue weighted by Gasteiger charge is 2.49. The summed E-state index contributed by atoms with van der Waals surface area (Å²) in [5.41, 5.74) is 0.663. The van der Waals surface area contributed by atoms with E-state index in [-0.39, 0.29) is 5.97 Å². The fourth-order valence-corrected chi connectivity index (χ4v) is 3.14. The van der Waals surface area contributed by atoms with Crippen LogP contribution in [0.2, 0.25) is 0 Å². The molecule has 5 heteroatoms. The standard InChI is InChI=1S/C15H23N3O2/c1-3-20-14(19)15(17-12-4-5-12)7-6-13(8-15)18-10-11(2)9-16-18/h9-10,12-13,17H,3-8H2,1-2H3. The Morgan fingerprint density at radius 2 is 2.35 bits per heavy atom. The van der Waals surface area contributed by atoms with Crippen LogP contribution in [-0.2, 0) is 9.53 Å². The molecule has 0 spiro atoms. The van der Waals surface area contributed by atoms with Crippen LogP contribution in [0.25, 0.3) is 0 Å². The number of nitrogens with one attached hydrogen (secondary N) is 1. The second-order valence-electron chi connectivity index (χ2n) is 6.12. The number of hydrogen-bond acceptors (Lipinski definition) is 4. The summed E-state index contributed by atoms with van der Waals surface area (Å²) in [5.74, 6) is -0.0849. The van der Waals surface area contributed by atoms with Crippen LogP contribution in [0, 0.1) is 6.92 Å². The highest BCUT2D eigenvalue weighted by atomic mass is 16.5. The zero-order valence-electron chi connectivity index (χ0n) is 12.3. The summed E-state index contributed by atoms with van der Waals surface area (Å²) in [6.07, 6.45) is 8.87. The molecule has 2 aliphatic rings. The van der Waals surface area contributed by atoms with Gasteiger partial charge in [-0.25, -0.2) is 0 Å². The number of rotatable bonds is 5. The van der Waals surface area contributed by atoms with Gasteiger partial charge in [-0.15, -0.1) is 0 Å². The van der Waals surface area contributed by atoms with Crippen molar-refractivity contribution in [3.05, 3.63) is 18.0 Å². The maximum Gasteiger partial charge on any atom is 0.326 e. The molecular formula is C15H23N3O2. The monoisotopic (exact) mass is 277 g/mol. The largest absolute Gasteiger partial charge is 0.465 e. The maximum absolute atomic E-state index is 12.4. The average molecular weight is 277 g/mol. The Labute approximate surface area is 119 Å². The van der Waals surface area contributed by atoms with Gasteiger partial charge in [0.2, 0.25) is 0 Å². The first-order valence-corrected chi connectivity index (χ1v) is 7.58. The minimum absolute atomic E-state index is 0.0849. The second-order valence-corrected chi connectivity index (χ2v) is 6.12. The van der Waals surface area contributed by atoms with E-state index in [0.29, 0.717) is 18.7 Å². The molecule has 1 aromatic heterocycles. The first-order valence-electron chi connectivity index (χ1n) is 7.58. The summed E-state index contributed by atoms with van der Waals surface area (Å²) in [6, 6.07) is 0.789. The quantitative estimate of drug-likeness (QED) is 0.836. The zero-order valence-corrected chi connectivity index (χ0v) is 12.3. The molecule has 1 heterocycles. The Balaban J connectivity index is 1.76. The highest BCUT2D eigenvalue weighted by molar-refractivity contribution is 5.81. The molecule has 2 atom stereocenters. The van der Waals surface area contributed by atoms with Crippen molar-refractivity contribution in [2.45, 2.75) is 63.6 Å². The maximum atomic E-state index is 12.4. The molecule has 2 saturated carbocycles. The summed E-state index contributed by atoms with van der Waals surface area (Å²) in [4.78, 5) is 12.4. The molecule has 0 amide bonds. The molecule has 1 aromatic rings. The van der Waals surface area contributed by atoms with Gasteiger partial charge in [0.25, 0.3) is 0 Å². The van der Waals surface area contributed by atoms with Crippen molar-refractivity contribution in [2.24, 2.45) is 0 Å². The third kappa shape index (κ3) is 2.59. The Bertz CT molecular complexity index is 495. The van der Waals surface area contributed by atoms with Crippen LogP contribution in [0.15, 0.2) is 12.4 Å². The number of nitrogens with zero attached hydrogens (tertiary/aromatic N) is 2. The fraction of sp³-hybridized carbons (Fsp3) is 0.733. The third-order valence-electron chi connectivity index (χ3n) is 4.32. The molecule has 1 N–H and O–H groups in total. The Kier molecular flexibility index (Phi) is 3.54. The molecule has 5 nitrogen and oxygen atoms in total. The van der Waals surface area contributed by atoms with Gasteiger partial charge < -0.3 is 4.74 Å². The van der Waals surface area contributed by atoms with Crippen LogP contribution in [-0.4, -0.2) is 33.9 Å². The minimum Gasteiger partial charge on any atom is -0.465 e. The van der Waals surface area contributed by atoms with E-state index in [0.717, 1.165) is 24.8 Å². The van der Waals surface area contributed by atoms with Gasteiger partial charge in [0.15, 0.2) is 0 Å². The van der Waals surface area contributed by atoms with Gasteiger partial charge in [-0.2, -0.15) is 5.10 Å². The predicted octanol–water partition coefficient (Wildman–Crippen LogP) is 1.97. The lowest BCUT2D eigenvalue weighted by molar-refractivity contribution is -0.151. The van der Waals surface area contributed by atoms with Gasteiger partial charge in [0.1, 0.15) is 5.54 Å². The Morgan fingerprint density at radius 1 is 1.55 bits per heavy atom. The normalized spacial score (nSPS) is 29.6. The lowest BCUT2D eigenvalue weighted by Crippen LogP contribution is -2.52. The molecule has 0 saturated heterocycles. The molecule has 0 aliphatic heterocycles. The Morgan fingerprint density at radius 3 is 2.95 bits per heavy atom. The summed E-state index contributed by atoms with van der Waals surface area (Å²) in [5, 5.41) is 7.94. The lowest BCUT2D eigenvalue weighted by Gasteiger charge is -2.28. The van der Waals surface area contributed by atoms with Crippen LogP contribution in [0.5, 0.6) is 0 Å². The molecule has 0 bridgehead atoms. The number of hydrogen-bond donors (Lipinski definition) is 1. The van der Waals surface area contributed by atoms with E-state index >= 15 is 0 Å². The van der Waals surface area contributed by atoms with Crippen LogP contribution in [0.4, 0.5) is 0 Å². The minimum atomic E-state index is -0.498. The Hall–Kier alpha value is -1.36. The first kappa shape index (κ1) is 13.6. The van der Waals surface area contributed by atoms with Crippen LogP contribution in [0.1, 0.15) is 50.6 Å². The van der Waals surface area contributed by atoms with Gasteiger partial charge in [0, 0.05) is 12.2 Å². The first-order chi connectivity index (χ1) is 9.63. The number of esters is 1. The van der Waals surface area contributed by atoms with E-state index < -0.39 is 5.54 Å². The number of ether oxygens (including phenoxy) is 1.